The van der Waals surface area contributed by atoms with Crippen LogP contribution in [0.25, 0.3) is 0 Å². The molecule has 0 aromatic heterocycles. The average Bonchev–Trinajstić information content (AvgIpc) is 2.70. The Labute approximate surface area is 165 Å². The molecule has 2 aromatic rings. The van der Waals surface area contributed by atoms with E-state index < -0.39 is 10.0 Å². The van der Waals surface area contributed by atoms with Crippen LogP contribution in [0.1, 0.15) is 6.92 Å². The molecule has 0 amide bonds. The van der Waals surface area contributed by atoms with Gasteiger partial charge in [0.2, 0.25) is 0 Å². The van der Waals surface area contributed by atoms with Crippen LogP contribution >= 0.6 is 11.6 Å². The summed E-state index contributed by atoms with van der Waals surface area (Å²) >= 11 is 5.89. The highest BCUT2D eigenvalue weighted by Crippen LogP contribution is 2.37. The van der Waals surface area contributed by atoms with Gasteiger partial charge in [0.1, 0.15) is 23.7 Å². The molecule has 2 N–H and O–H groups in total. The minimum Gasteiger partial charge on any atom is -0.457 e. The predicted octanol–water partition coefficient (Wildman–Crippen LogP) is 4.20. The predicted molar refractivity (Wildman–Crippen MR) is 110 cm³/mol. The number of nitrogens with two attached hydrogens (primary N) is 1. The fourth-order valence-electron chi connectivity index (χ4n) is 3.18. The van der Waals surface area contributed by atoms with Crippen LogP contribution in [0.15, 0.2) is 72.5 Å². The number of benzene rings is 2. The van der Waals surface area contributed by atoms with Gasteiger partial charge in [-0.3, -0.25) is 0 Å². The van der Waals surface area contributed by atoms with Crippen molar-refractivity contribution in [2.45, 2.75) is 6.92 Å². The Kier molecular flexibility index (Phi) is 5.72. The highest BCUT2D eigenvalue weighted by molar-refractivity contribution is 7.91. The van der Waals surface area contributed by atoms with Gasteiger partial charge in [-0.1, -0.05) is 17.7 Å². The second kappa shape index (κ2) is 7.86. The molecule has 1 aliphatic heterocycles. The van der Waals surface area contributed by atoms with E-state index in [-0.39, 0.29) is 16.2 Å². The van der Waals surface area contributed by atoms with Crippen LogP contribution in [0.5, 0.6) is 11.5 Å². The normalized spacial score (nSPS) is 19.6. The number of nitrogens with zero attached hydrogens (tertiary/aromatic N) is 1. The van der Waals surface area contributed by atoms with Crippen molar-refractivity contribution >= 4 is 27.3 Å². The third kappa shape index (κ3) is 3.66. The maximum Gasteiger partial charge on any atom is 0.306 e. The Balaban J connectivity index is 1.98. The van der Waals surface area contributed by atoms with E-state index in [9.17, 15) is 8.42 Å². The molecule has 142 valence electrons. The molecule has 0 spiro atoms. The molecule has 2 aromatic carbocycles. The maximum absolute atomic E-state index is 13.1. The molecule has 0 aliphatic carbocycles. The van der Waals surface area contributed by atoms with E-state index in [0.717, 1.165) is 0 Å². The average molecular weight is 406 g/mol. The van der Waals surface area contributed by atoms with Crippen molar-refractivity contribution in [3.05, 3.63) is 77.5 Å². The van der Waals surface area contributed by atoms with Gasteiger partial charge >= 0.3 is 10.0 Å². The lowest BCUT2D eigenvalue weighted by molar-refractivity contribution is 0.476. The van der Waals surface area contributed by atoms with Crippen molar-refractivity contribution < 1.29 is 13.2 Å². The lowest BCUT2D eigenvalue weighted by atomic mass is 10.2. The van der Waals surface area contributed by atoms with Crippen LogP contribution in [0.2, 0.25) is 5.02 Å². The molecular formula is C20H22ClN2O3S+. The number of rotatable bonds is 6. The van der Waals surface area contributed by atoms with Crippen LogP contribution in [-0.2, 0) is 10.0 Å². The SMILES string of the molecule is CCS(=O)(=O)[N+]1(c2ccc(Oc3ccc(Cl)cc3)cc2)CC=CC=C1CN. The first-order valence-electron chi connectivity index (χ1n) is 8.64. The summed E-state index contributed by atoms with van der Waals surface area (Å²) in [4.78, 5) is 0. The second-order valence-electron chi connectivity index (χ2n) is 6.13. The first-order valence-corrected chi connectivity index (χ1v) is 10.6. The number of hydrogen-bond donors (Lipinski definition) is 1. The molecule has 0 fully saturated rings. The van der Waals surface area contributed by atoms with Crippen LogP contribution in [0, 0.1) is 0 Å². The fraction of sp³-hybridized carbons (Fsp3) is 0.200. The van der Waals surface area contributed by atoms with Crippen LogP contribution < -0.4 is 14.4 Å². The standard InChI is InChI=1S/C20H22ClN2O3S/c1-2-27(24,25)23(14-4-3-5-18(23)15-22)17-8-12-20(13-9-17)26-19-10-6-16(21)7-11-19/h3-13H,2,14-15,22H2,1H3/q+1. The minimum atomic E-state index is -3.49. The van der Waals surface area contributed by atoms with Crippen molar-refractivity contribution in [1.82, 2.24) is 3.89 Å². The van der Waals surface area contributed by atoms with Crippen LogP contribution in [-0.4, -0.2) is 27.3 Å². The molecule has 1 atom stereocenters. The lowest BCUT2D eigenvalue weighted by Gasteiger charge is -2.37. The first-order chi connectivity index (χ1) is 12.9. The van der Waals surface area contributed by atoms with Crippen molar-refractivity contribution in [1.29, 1.82) is 0 Å². The summed E-state index contributed by atoms with van der Waals surface area (Å²) in [5, 5.41) is 0.633. The quantitative estimate of drug-likeness (QED) is 0.731. The van der Waals surface area contributed by atoms with Crippen molar-refractivity contribution in [2.24, 2.45) is 5.73 Å². The van der Waals surface area contributed by atoms with Crippen molar-refractivity contribution in [3.8, 4) is 11.5 Å². The molecule has 27 heavy (non-hydrogen) atoms. The van der Waals surface area contributed by atoms with E-state index in [1.165, 1.54) is 0 Å². The molecule has 5 nitrogen and oxygen atoms in total. The minimum absolute atomic E-state index is 0.0151. The van der Waals surface area contributed by atoms with Gasteiger partial charge < -0.3 is 10.5 Å². The summed E-state index contributed by atoms with van der Waals surface area (Å²) in [5.41, 5.74) is 7.18. The number of sulfonamides is 1. The topological polar surface area (TPSA) is 69.4 Å². The van der Waals surface area contributed by atoms with Gasteiger partial charge in [-0.25, -0.2) is 0 Å². The number of halogens is 1. The zero-order valence-electron chi connectivity index (χ0n) is 15.0. The third-order valence-corrected chi connectivity index (χ3v) is 7.13. The summed E-state index contributed by atoms with van der Waals surface area (Å²) < 4.78 is 31.6. The summed E-state index contributed by atoms with van der Waals surface area (Å²) in [6.07, 6.45) is 5.49. The number of allylic oxidation sites excluding steroid dienone is 2. The molecule has 0 saturated carbocycles. The Bertz CT molecular complexity index is 967. The summed E-state index contributed by atoms with van der Waals surface area (Å²) in [5.74, 6) is 1.28. The Morgan fingerprint density at radius 1 is 1.07 bits per heavy atom. The smallest absolute Gasteiger partial charge is 0.306 e. The van der Waals surface area contributed by atoms with Gasteiger partial charge in [-0.2, -0.15) is 12.3 Å². The van der Waals surface area contributed by atoms with Crippen LogP contribution in [0.3, 0.4) is 0 Å². The number of quaternary nitrogens is 1. The molecule has 1 heterocycles. The summed E-state index contributed by atoms with van der Waals surface area (Å²) in [7, 11) is -3.49. The van der Waals surface area contributed by atoms with Gasteiger partial charge in [0.15, 0.2) is 5.69 Å². The first kappa shape index (κ1) is 19.6. The summed E-state index contributed by atoms with van der Waals surface area (Å²) in [6.45, 7) is 2.13. The lowest BCUT2D eigenvalue weighted by Crippen LogP contribution is -2.56. The van der Waals surface area contributed by atoms with Gasteiger partial charge in [0.05, 0.1) is 12.3 Å². The molecular weight excluding hydrogens is 384 g/mol. The van der Waals surface area contributed by atoms with Gasteiger partial charge in [-0.15, -0.1) is 0 Å². The zero-order valence-corrected chi connectivity index (χ0v) is 16.6. The van der Waals surface area contributed by atoms with Gasteiger partial charge in [-0.05, 0) is 55.5 Å². The van der Waals surface area contributed by atoms with Crippen LogP contribution in [0.4, 0.5) is 5.69 Å². The Morgan fingerprint density at radius 3 is 2.22 bits per heavy atom. The van der Waals surface area contributed by atoms with E-state index in [0.29, 0.717) is 34.5 Å². The Hall–Kier alpha value is -2.12. The van der Waals surface area contributed by atoms with Gasteiger partial charge in [0, 0.05) is 17.2 Å². The molecule has 0 bridgehead atoms. The third-order valence-electron chi connectivity index (χ3n) is 4.60. The maximum atomic E-state index is 13.1. The highest BCUT2D eigenvalue weighted by atomic mass is 35.5. The largest absolute Gasteiger partial charge is 0.457 e. The van der Waals surface area contributed by atoms with Crippen molar-refractivity contribution in [3.63, 3.8) is 0 Å². The molecule has 1 aliphatic rings. The van der Waals surface area contributed by atoms with E-state index >= 15 is 0 Å². The van der Waals surface area contributed by atoms with E-state index in [1.54, 1.807) is 61.5 Å². The molecule has 7 heteroatoms. The molecule has 1 unspecified atom stereocenters. The zero-order chi connectivity index (χ0) is 19.5. The van der Waals surface area contributed by atoms with E-state index in [1.807, 2.05) is 12.2 Å². The van der Waals surface area contributed by atoms with Gasteiger partial charge in [0.25, 0.3) is 0 Å². The monoisotopic (exact) mass is 405 g/mol. The molecule has 0 saturated heterocycles. The van der Waals surface area contributed by atoms with E-state index in [4.69, 9.17) is 22.1 Å². The number of ether oxygens (including phenoxy) is 1. The van der Waals surface area contributed by atoms with E-state index in [2.05, 4.69) is 0 Å². The molecule has 3 rings (SSSR count). The summed E-state index contributed by atoms with van der Waals surface area (Å²) in [6, 6.07) is 14.1. The molecule has 0 radical (unpaired) electrons. The number of hydrogen-bond acceptors (Lipinski definition) is 4. The highest BCUT2D eigenvalue weighted by Gasteiger charge is 2.46. The Morgan fingerprint density at radius 2 is 1.67 bits per heavy atom. The van der Waals surface area contributed by atoms with Crippen molar-refractivity contribution in [2.75, 3.05) is 18.8 Å². The fourth-order valence-corrected chi connectivity index (χ4v) is 5.00. The second-order valence-corrected chi connectivity index (χ2v) is 8.93.